The lowest BCUT2D eigenvalue weighted by molar-refractivity contribution is -0.123. The number of amides is 1. The number of anilines is 1. The van der Waals surface area contributed by atoms with Crippen molar-refractivity contribution in [2.75, 3.05) is 18.0 Å². The minimum Gasteiger partial charge on any atom is -0.308 e. The molecule has 0 spiro atoms. The zero-order valence-corrected chi connectivity index (χ0v) is 18.7. The van der Waals surface area contributed by atoms with E-state index >= 15 is 0 Å². The maximum atomic E-state index is 14.1. The van der Waals surface area contributed by atoms with Gasteiger partial charge in [-0.3, -0.25) is 4.79 Å². The first-order valence-electron chi connectivity index (χ1n) is 10.7. The van der Waals surface area contributed by atoms with Gasteiger partial charge in [-0.1, -0.05) is 48.5 Å². The van der Waals surface area contributed by atoms with E-state index in [2.05, 4.69) is 0 Å². The van der Waals surface area contributed by atoms with Gasteiger partial charge < -0.3 is 4.90 Å². The zero-order chi connectivity index (χ0) is 23.4. The summed E-state index contributed by atoms with van der Waals surface area (Å²) in [7, 11) is -4.19. The van der Waals surface area contributed by atoms with Gasteiger partial charge in [-0.15, -0.1) is 0 Å². The number of sulfonamides is 1. The Kier molecular flexibility index (Phi) is 6.85. The van der Waals surface area contributed by atoms with Gasteiger partial charge in [0.05, 0.1) is 6.54 Å². The molecule has 3 aromatic carbocycles. The first-order chi connectivity index (χ1) is 15.9. The number of halogens is 2. The fourth-order valence-electron chi connectivity index (χ4n) is 4.05. The van der Waals surface area contributed by atoms with Crippen LogP contribution in [-0.2, 0) is 21.4 Å². The van der Waals surface area contributed by atoms with E-state index in [1.807, 2.05) is 60.7 Å². The van der Waals surface area contributed by atoms with Crippen LogP contribution in [0.3, 0.4) is 0 Å². The number of hydrogen-bond acceptors (Lipinski definition) is 3. The molecule has 5 nitrogen and oxygen atoms in total. The molecule has 0 atom stereocenters. The number of rotatable bonds is 6. The van der Waals surface area contributed by atoms with Crippen molar-refractivity contribution < 1.29 is 22.0 Å². The Morgan fingerprint density at radius 1 is 0.909 bits per heavy atom. The van der Waals surface area contributed by atoms with Crippen LogP contribution in [0.2, 0.25) is 0 Å². The number of benzene rings is 3. The molecule has 4 rings (SSSR count). The average Bonchev–Trinajstić information content (AvgIpc) is 2.85. The molecule has 0 radical (unpaired) electrons. The first-order valence-corrected chi connectivity index (χ1v) is 12.2. The molecule has 1 heterocycles. The average molecular weight is 471 g/mol. The van der Waals surface area contributed by atoms with Gasteiger partial charge in [-0.25, -0.2) is 17.2 Å². The molecular formula is C25H24F2N2O3S. The van der Waals surface area contributed by atoms with Gasteiger partial charge in [-0.2, -0.15) is 4.31 Å². The molecule has 0 bridgehead atoms. The lowest BCUT2D eigenvalue weighted by Crippen LogP contribution is -2.44. The van der Waals surface area contributed by atoms with Crippen LogP contribution in [0.4, 0.5) is 14.5 Å². The molecule has 1 aliphatic heterocycles. The van der Waals surface area contributed by atoms with Crippen molar-refractivity contribution in [1.29, 1.82) is 0 Å². The molecular weight excluding hydrogens is 446 g/mol. The van der Waals surface area contributed by atoms with E-state index in [0.29, 0.717) is 25.5 Å². The molecule has 1 fully saturated rings. The summed E-state index contributed by atoms with van der Waals surface area (Å²) in [6.07, 6.45) is 0.597. The first kappa shape index (κ1) is 23.1. The van der Waals surface area contributed by atoms with E-state index in [9.17, 15) is 22.0 Å². The lowest BCUT2D eigenvalue weighted by Gasteiger charge is -2.34. The Morgan fingerprint density at radius 3 is 2.15 bits per heavy atom. The summed E-state index contributed by atoms with van der Waals surface area (Å²) in [5, 5.41) is 0. The SMILES string of the molecule is O=C(C1CCN(S(=O)(=O)c2cc(F)ccc2F)CC1)N(Cc1ccccc1)c1ccccc1. The number of hydrogen-bond donors (Lipinski definition) is 0. The van der Waals surface area contributed by atoms with E-state index in [4.69, 9.17) is 0 Å². The van der Waals surface area contributed by atoms with Gasteiger partial charge in [0.25, 0.3) is 0 Å². The normalized spacial score (nSPS) is 15.3. The van der Waals surface area contributed by atoms with Crippen LogP contribution >= 0.6 is 0 Å². The summed E-state index contributed by atoms with van der Waals surface area (Å²) < 4.78 is 54.5. The summed E-state index contributed by atoms with van der Waals surface area (Å²) in [4.78, 5) is 14.5. The molecule has 8 heteroatoms. The standard InChI is InChI=1S/C25H24F2N2O3S/c26-21-11-12-23(27)24(17-21)33(31,32)28-15-13-20(14-16-28)25(30)29(22-9-5-2-6-10-22)18-19-7-3-1-4-8-19/h1-12,17,20H,13-16,18H2. The van der Waals surface area contributed by atoms with Gasteiger partial charge in [0, 0.05) is 24.7 Å². The second kappa shape index (κ2) is 9.80. The second-order valence-electron chi connectivity index (χ2n) is 8.00. The Bertz CT molecular complexity index is 1210. The highest BCUT2D eigenvalue weighted by Crippen LogP contribution is 2.29. The number of piperidine rings is 1. The highest BCUT2D eigenvalue weighted by atomic mass is 32.2. The van der Waals surface area contributed by atoms with Gasteiger partial charge in [-0.05, 0) is 48.7 Å². The van der Waals surface area contributed by atoms with Crippen molar-refractivity contribution in [1.82, 2.24) is 4.31 Å². The highest BCUT2D eigenvalue weighted by molar-refractivity contribution is 7.89. The monoisotopic (exact) mass is 470 g/mol. The molecule has 1 amide bonds. The van der Waals surface area contributed by atoms with Crippen molar-refractivity contribution in [3.05, 3.63) is 96.1 Å². The third-order valence-corrected chi connectivity index (χ3v) is 7.75. The lowest BCUT2D eigenvalue weighted by atomic mass is 9.96. The fraction of sp³-hybridized carbons (Fsp3) is 0.240. The third kappa shape index (κ3) is 5.12. The number of para-hydroxylation sites is 1. The number of nitrogens with zero attached hydrogens (tertiary/aromatic N) is 2. The molecule has 0 aliphatic carbocycles. The van der Waals surface area contributed by atoms with Gasteiger partial charge in [0.15, 0.2) is 0 Å². The molecule has 0 N–H and O–H groups in total. The summed E-state index contributed by atoms with van der Waals surface area (Å²) >= 11 is 0. The van der Waals surface area contributed by atoms with E-state index in [1.54, 1.807) is 4.90 Å². The number of carbonyl (C=O) groups excluding carboxylic acids is 1. The molecule has 172 valence electrons. The maximum absolute atomic E-state index is 14.1. The molecule has 0 saturated carbocycles. The van der Waals surface area contributed by atoms with Gasteiger partial charge in [0.2, 0.25) is 15.9 Å². The molecule has 3 aromatic rings. The largest absolute Gasteiger partial charge is 0.308 e. The topological polar surface area (TPSA) is 57.7 Å². The summed E-state index contributed by atoms with van der Waals surface area (Å²) in [6, 6.07) is 21.4. The third-order valence-electron chi connectivity index (χ3n) is 5.83. The number of carbonyl (C=O) groups is 1. The minimum atomic E-state index is -4.19. The Balaban J connectivity index is 1.50. The highest BCUT2D eigenvalue weighted by Gasteiger charge is 2.35. The second-order valence-corrected chi connectivity index (χ2v) is 9.90. The maximum Gasteiger partial charge on any atom is 0.246 e. The van der Waals surface area contributed by atoms with Crippen molar-refractivity contribution >= 4 is 21.6 Å². The van der Waals surface area contributed by atoms with Crippen molar-refractivity contribution in [2.24, 2.45) is 5.92 Å². The summed E-state index contributed by atoms with van der Waals surface area (Å²) in [5.41, 5.74) is 1.75. The predicted octanol–water partition coefficient (Wildman–Crippen LogP) is 4.60. The van der Waals surface area contributed by atoms with Crippen molar-refractivity contribution in [2.45, 2.75) is 24.3 Å². The smallest absolute Gasteiger partial charge is 0.246 e. The van der Waals surface area contributed by atoms with Crippen LogP contribution in [0.25, 0.3) is 0 Å². The van der Waals surface area contributed by atoms with E-state index in [0.717, 1.165) is 27.7 Å². The van der Waals surface area contributed by atoms with E-state index in [1.165, 1.54) is 0 Å². The van der Waals surface area contributed by atoms with Crippen LogP contribution in [0.15, 0.2) is 83.8 Å². The molecule has 1 saturated heterocycles. The van der Waals surface area contributed by atoms with Crippen LogP contribution in [0.5, 0.6) is 0 Å². The Hall–Kier alpha value is -3.10. The minimum absolute atomic E-state index is 0.0582. The molecule has 0 unspecified atom stereocenters. The zero-order valence-electron chi connectivity index (χ0n) is 17.9. The van der Waals surface area contributed by atoms with Gasteiger partial charge >= 0.3 is 0 Å². The Morgan fingerprint density at radius 2 is 1.52 bits per heavy atom. The predicted molar refractivity (Wildman–Crippen MR) is 122 cm³/mol. The summed E-state index contributed by atoms with van der Waals surface area (Å²) in [6.45, 7) is 0.516. The van der Waals surface area contributed by atoms with Crippen LogP contribution in [0.1, 0.15) is 18.4 Å². The van der Waals surface area contributed by atoms with Crippen molar-refractivity contribution in [3.63, 3.8) is 0 Å². The summed E-state index contributed by atoms with van der Waals surface area (Å²) in [5.74, 6) is -2.27. The van der Waals surface area contributed by atoms with Crippen LogP contribution < -0.4 is 4.90 Å². The van der Waals surface area contributed by atoms with Crippen LogP contribution in [0, 0.1) is 17.6 Å². The molecule has 33 heavy (non-hydrogen) atoms. The van der Waals surface area contributed by atoms with Crippen molar-refractivity contribution in [3.8, 4) is 0 Å². The van der Waals surface area contributed by atoms with E-state index < -0.39 is 26.6 Å². The van der Waals surface area contributed by atoms with Gasteiger partial charge in [0.1, 0.15) is 16.5 Å². The Labute approximate surface area is 192 Å². The quantitative estimate of drug-likeness (QED) is 0.529. The van der Waals surface area contributed by atoms with E-state index in [-0.39, 0.29) is 24.9 Å². The molecule has 0 aromatic heterocycles. The molecule has 1 aliphatic rings. The van der Waals surface area contributed by atoms with Crippen LogP contribution in [-0.4, -0.2) is 31.7 Å². The fourth-order valence-corrected chi connectivity index (χ4v) is 5.59.